The lowest BCUT2D eigenvalue weighted by Gasteiger charge is -2.10. The normalized spacial score (nSPS) is 20.5. The van der Waals surface area contributed by atoms with Gasteiger partial charge in [-0.05, 0) is 30.8 Å². The smallest absolute Gasteiger partial charge is 0.262 e. The van der Waals surface area contributed by atoms with Gasteiger partial charge in [-0.15, -0.1) is 11.3 Å². The first-order valence-electron chi connectivity index (χ1n) is 5.02. The summed E-state index contributed by atoms with van der Waals surface area (Å²) in [6.07, 6.45) is 2.33. The molecule has 2 heterocycles. The van der Waals surface area contributed by atoms with E-state index in [0.717, 1.165) is 13.0 Å². The Morgan fingerprint density at radius 3 is 3.20 bits per heavy atom. The van der Waals surface area contributed by atoms with Crippen molar-refractivity contribution in [1.82, 2.24) is 10.6 Å². The lowest BCUT2D eigenvalue weighted by molar-refractivity contribution is 0.0954. The zero-order valence-electron chi connectivity index (χ0n) is 8.25. The standard InChI is InChI=1S/C10H13ClN2OS/c11-8-3-5-15-9(8)10(14)13-6-7-2-1-4-12-7/h3,5,7,12H,1-2,4,6H2,(H,13,14). The van der Waals surface area contributed by atoms with Crippen molar-refractivity contribution >= 4 is 28.8 Å². The Bertz CT molecular complexity index is 347. The molecule has 0 radical (unpaired) electrons. The van der Waals surface area contributed by atoms with Gasteiger partial charge >= 0.3 is 0 Å². The van der Waals surface area contributed by atoms with E-state index in [2.05, 4.69) is 10.6 Å². The van der Waals surface area contributed by atoms with E-state index < -0.39 is 0 Å². The third-order valence-corrected chi connectivity index (χ3v) is 3.84. The van der Waals surface area contributed by atoms with Crippen LogP contribution in [0.1, 0.15) is 22.5 Å². The molecule has 0 bridgehead atoms. The monoisotopic (exact) mass is 244 g/mol. The van der Waals surface area contributed by atoms with Crippen LogP contribution in [0, 0.1) is 0 Å². The van der Waals surface area contributed by atoms with Gasteiger partial charge in [-0.25, -0.2) is 0 Å². The van der Waals surface area contributed by atoms with E-state index >= 15 is 0 Å². The molecule has 2 rings (SSSR count). The Balaban J connectivity index is 1.84. The maximum absolute atomic E-state index is 11.7. The van der Waals surface area contributed by atoms with Gasteiger partial charge in [-0.1, -0.05) is 11.6 Å². The van der Waals surface area contributed by atoms with Crippen molar-refractivity contribution in [1.29, 1.82) is 0 Å². The summed E-state index contributed by atoms with van der Waals surface area (Å²) >= 11 is 7.24. The summed E-state index contributed by atoms with van der Waals surface area (Å²) in [6.45, 7) is 1.74. The summed E-state index contributed by atoms with van der Waals surface area (Å²) in [5, 5.41) is 8.58. The van der Waals surface area contributed by atoms with Crippen molar-refractivity contribution in [3.63, 3.8) is 0 Å². The van der Waals surface area contributed by atoms with Gasteiger partial charge < -0.3 is 10.6 Å². The molecule has 1 atom stereocenters. The third kappa shape index (κ3) is 2.71. The molecule has 1 unspecified atom stereocenters. The third-order valence-electron chi connectivity index (χ3n) is 2.49. The molecule has 2 N–H and O–H groups in total. The summed E-state index contributed by atoms with van der Waals surface area (Å²) in [5.41, 5.74) is 0. The molecule has 0 aliphatic carbocycles. The minimum Gasteiger partial charge on any atom is -0.350 e. The largest absolute Gasteiger partial charge is 0.350 e. The second-order valence-corrected chi connectivity index (χ2v) is 4.92. The molecular weight excluding hydrogens is 232 g/mol. The Kier molecular flexibility index (Phi) is 3.61. The zero-order chi connectivity index (χ0) is 10.7. The highest BCUT2D eigenvalue weighted by atomic mass is 35.5. The second kappa shape index (κ2) is 4.96. The first-order chi connectivity index (χ1) is 7.27. The van der Waals surface area contributed by atoms with Crippen molar-refractivity contribution in [2.24, 2.45) is 0 Å². The molecule has 82 valence electrons. The van der Waals surface area contributed by atoms with E-state index in [4.69, 9.17) is 11.6 Å². The highest BCUT2D eigenvalue weighted by molar-refractivity contribution is 7.12. The summed E-state index contributed by atoms with van der Waals surface area (Å²) in [7, 11) is 0. The molecule has 15 heavy (non-hydrogen) atoms. The average Bonchev–Trinajstić information content (AvgIpc) is 2.84. The lowest BCUT2D eigenvalue weighted by Crippen LogP contribution is -2.36. The predicted molar refractivity (Wildman–Crippen MR) is 62.7 cm³/mol. The van der Waals surface area contributed by atoms with Gasteiger partial charge in [0.05, 0.1) is 5.02 Å². The maximum Gasteiger partial charge on any atom is 0.262 e. The van der Waals surface area contributed by atoms with Crippen LogP contribution in [0.4, 0.5) is 0 Å². The number of carbonyl (C=O) groups excluding carboxylic acids is 1. The lowest BCUT2D eigenvalue weighted by atomic mass is 10.2. The van der Waals surface area contributed by atoms with Crippen LogP contribution in [0.15, 0.2) is 11.4 Å². The summed E-state index contributed by atoms with van der Waals surface area (Å²) < 4.78 is 0. The first kappa shape index (κ1) is 10.9. The number of halogens is 1. The number of hydrogen-bond acceptors (Lipinski definition) is 3. The van der Waals surface area contributed by atoms with Gasteiger partial charge in [-0.3, -0.25) is 4.79 Å². The fourth-order valence-corrected chi connectivity index (χ4v) is 2.74. The van der Waals surface area contributed by atoms with E-state index in [1.165, 1.54) is 17.8 Å². The Morgan fingerprint density at radius 2 is 2.60 bits per heavy atom. The molecule has 0 aromatic carbocycles. The number of hydrogen-bond donors (Lipinski definition) is 2. The van der Waals surface area contributed by atoms with E-state index in [-0.39, 0.29) is 5.91 Å². The zero-order valence-corrected chi connectivity index (χ0v) is 9.83. The number of rotatable bonds is 3. The van der Waals surface area contributed by atoms with Crippen LogP contribution in [-0.2, 0) is 0 Å². The quantitative estimate of drug-likeness (QED) is 0.853. The Morgan fingerprint density at radius 1 is 1.73 bits per heavy atom. The van der Waals surface area contributed by atoms with Gasteiger partial charge in [0, 0.05) is 12.6 Å². The molecule has 1 saturated heterocycles. The topological polar surface area (TPSA) is 41.1 Å². The predicted octanol–water partition coefficient (Wildman–Crippen LogP) is 1.88. The van der Waals surface area contributed by atoms with Gasteiger partial charge in [0.2, 0.25) is 0 Å². The molecule has 1 aliphatic heterocycles. The number of thiophene rings is 1. The summed E-state index contributed by atoms with van der Waals surface area (Å²) in [5.74, 6) is -0.0660. The van der Waals surface area contributed by atoms with Gasteiger partial charge in [-0.2, -0.15) is 0 Å². The summed E-state index contributed by atoms with van der Waals surface area (Å²) in [6, 6.07) is 2.17. The van der Waals surface area contributed by atoms with Crippen molar-refractivity contribution in [2.75, 3.05) is 13.1 Å². The average molecular weight is 245 g/mol. The maximum atomic E-state index is 11.7. The molecule has 1 aromatic rings. The molecule has 1 aromatic heterocycles. The highest BCUT2D eigenvalue weighted by Crippen LogP contribution is 2.21. The summed E-state index contributed by atoms with van der Waals surface area (Å²) in [4.78, 5) is 12.3. The first-order valence-corrected chi connectivity index (χ1v) is 6.27. The van der Waals surface area contributed by atoms with E-state index in [1.807, 2.05) is 5.38 Å². The molecule has 1 fully saturated rings. The van der Waals surface area contributed by atoms with E-state index in [0.29, 0.717) is 22.5 Å². The van der Waals surface area contributed by atoms with Crippen LogP contribution in [0.3, 0.4) is 0 Å². The number of nitrogens with one attached hydrogen (secondary N) is 2. The van der Waals surface area contributed by atoms with Crippen molar-refractivity contribution < 1.29 is 4.79 Å². The molecule has 1 amide bonds. The van der Waals surface area contributed by atoms with Gasteiger partial charge in [0.15, 0.2) is 0 Å². The van der Waals surface area contributed by atoms with Crippen LogP contribution >= 0.6 is 22.9 Å². The molecule has 0 spiro atoms. The number of carbonyl (C=O) groups is 1. The van der Waals surface area contributed by atoms with Crippen LogP contribution in [0.2, 0.25) is 5.02 Å². The highest BCUT2D eigenvalue weighted by Gasteiger charge is 2.16. The van der Waals surface area contributed by atoms with Crippen molar-refractivity contribution in [3.8, 4) is 0 Å². The minimum atomic E-state index is -0.0660. The van der Waals surface area contributed by atoms with E-state index in [9.17, 15) is 4.79 Å². The molecular formula is C10H13ClN2OS. The SMILES string of the molecule is O=C(NCC1CCCN1)c1sccc1Cl. The van der Waals surface area contributed by atoms with Gasteiger partial charge in [0.25, 0.3) is 5.91 Å². The van der Waals surface area contributed by atoms with Crippen LogP contribution in [-0.4, -0.2) is 25.0 Å². The fraction of sp³-hybridized carbons (Fsp3) is 0.500. The molecule has 0 saturated carbocycles. The van der Waals surface area contributed by atoms with Crippen molar-refractivity contribution in [2.45, 2.75) is 18.9 Å². The Labute approximate surface area is 97.8 Å². The van der Waals surface area contributed by atoms with Crippen LogP contribution in [0.5, 0.6) is 0 Å². The molecule has 5 heteroatoms. The fourth-order valence-electron chi connectivity index (χ4n) is 1.68. The number of amides is 1. The second-order valence-electron chi connectivity index (χ2n) is 3.60. The van der Waals surface area contributed by atoms with E-state index in [1.54, 1.807) is 6.07 Å². The van der Waals surface area contributed by atoms with Crippen molar-refractivity contribution in [3.05, 3.63) is 21.3 Å². The molecule has 3 nitrogen and oxygen atoms in total. The van der Waals surface area contributed by atoms with Crippen LogP contribution in [0.25, 0.3) is 0 Å². The minimum absolute atomic E-state index is 0.0660. The van der Waals surface area contributed by atoms with Gasteiger partial charge in [0.1, 0.15) is 4.88 Å². The Hall–Kier alpha value is -0.580. The van der Waals surface area contributed by atoms with Crippen LogP contribution < -0.4 is 10.6 Å². The molecule has 1 aliphatic rings.